The number of rotatable bonds is 6. The van der Waals surface area contributed by atoms with E-state index in [9.17, 15) is 5.26 Å². The number of thioether (sulfide) groups is 1. The Morgan fingerprint density at radius 1 is 1.07 bits per heavy atom. The minimum absolute atomic E-state index is 0.270. The molecule has 3 aromatic rings. The van der Waals surface area contributed by atoms with Crippen LogP contribution in [-0.4, -0.2) is 30.4 Å². The number of halogens is 2. The zero-order valence-corrected chi connectivity index (χ0v) is 18.1. The molecule has 1 N–H and O–H groups in total. The molecule has 2 aromatic carbocycles. The fourth-order valence-corrected chi connectivity index (χ4v) is 3.36. The average Bonchev–Trinajstić information content (AvgIpc) is 2.75. The first kappa shape index (κ1) is 21.1. The van der Waals surface area contributed by atoms with Gasteiger partial charge in [0.25, 0.3) is 0 Å². The van der Waals surface area contributed by atoms with Crippen molar-refractivity contribution in [3.63, 3.8) is 0 Å². The van der Waals surface area contributed by atoms with E-state index in [0.717, 1.165) is 0 Å². The van der Waals surface area contributed by atoms with E-state index in [2.05, 4.69) is 21.4 Å². The van der Waals surface area contributed by atoms with Gasteiger partial charge in [0.05, 0.1) is 35.6 Å². The summed E-state index contributed by atoms with van der Waals surface area (Å²) < 4.78 is 10.7. The van der Waals surface area contributed by atoms with Gasteiger partial charge in [0.15, 0.2) is 22.5 Å². The Kier molecular flexibility index (Phi) is 6.70. The maximum absolute atomic E-state index is 9.86. The Bertz CT molecular complexity index is 1100. The van der Waals surface area contributed by atoms with Gasteiger partial charge in [0.1, 0.15) is 11.6 Å². The zero-order valence-electron chi connectivity index (χ0n) is 15.8. The van der Waals surface area contributed by atoms with Crippen molar-refractivity contribution in [1.29, 1.82) is 5.26 Å². The molecule has 0 atom stereocenters. The summed E-state index contributed by atoms with van der Waals surface area (Å²) in [7, 11) is 3.11. The highest BCUT2D eigenvalue weighted by atomic mass is 35.5. The highest BCUT2D eigenvalue weighted by molar-refractivity contribution is 7.98. The van der Waals surface area contributed by atoms with Crippen LogP contribution in [0.2, 0.25) is 10.0 Å². The van der Waals surface area contributed by atoms with Gasteiger partial charge in [-0.05, 0) is 36.6 Å². The third-order valence-electron chi connectivity index (χ3n) is 4.04. The lowest BCUT2D eigenvalue weighted by Gasteiger charge is -2.14. The van der Waals surface area contributed by atoms with Gasteiger partial charge in [0.2, 0.25) is 0 Å². The molecular weight excluding hydrogens is 431 g/mol. The summed E-state index contributed by atoms with van der Waals surface area (Å²) in [5.41, 5.74) is 1.97. The van der Waals surface area contributed by atoms with Gasteiger partial charge < -0.3 is 14.8 Å². The van der Waals surface area contributed by atoms with E-state index >= 15 is 0 Å². The second-order valence-corrected chi connectivity index (χ2v) is 7.25. The topological polar surface area (TPSA) is 80.1 Å². The lowest BCUT2D eigenvalue weighted by atomic mass is 10.1. The molecule has 1 heterocycles. The van der Waals surface area contributed by atoms with E-state index in [1.807, 2.05) is 12.3 Å². The molecular formula is C20H16Cl2N4O2S. The quantitative estimate of drug-likeness (QED) is 0.378. The van der Waals surface area contributed by atoms with Crippen molar-refractivity contribution in [1.82, 2.24) is 9.97 Å². The smallest absolute Gasteiger partial charge is 0.189 e. The number of aromatic nitrogens is 2. The lowest BCUT2D eigenvalue weighted by Crippen LogP contribution is -2.04. The van der Waals surface area contributed by atoms with Crippen LogP contribution in [0.5, 0.6) is 11.5 Å². The molecule has 0 saturated carbocycles. The molecule has 0 bridgehead atoms. The number of nitriles is 1. The standard InChI is InChI=1S/C20H16Cl2N4O2S/c1-27-15-8-7-11(9-16(15)28-2)18-12(10-23)19(26-20(25-18)29-3)24-14-6-4-5-13(21)17(14)22/h4-9H,1-3H3,(H,24,25,26). The van der Waals surface area contributed by atoms with E-state index in [4.69, 9.17) is 32.7 Å². The average molecular weight is 447 g/mol. The maximum Gasteiger partial charge on any atom is 0.189 e. The molecule has 0 spiro atoms. The molecule has 0 unspecified atom stereocenters. The van der Waals surface area contributed by atoms with Crippen LogP contribution in [0.15, 0.2) is 41.6 Å². The largest absolute Gasteiger partial charge is 0.493 e. The van der Waals surface area contributed by atoms with Crippen molar-refractivity contribution >= 4 is 46.5 Å². The number of ether oxygens (including phenoxy) is 2. The molecule has 148 valence electrons. The van der Waals surface area contributed by atoms with Crippen LogP contribution in [0.3, 0.4) is 0 Å². The number of methoxy groups -OCH3 is 2. The Labute approximate surface area is 182 Å². The van der Waals surface area contributed by atoms with E-state index in [1.165, 1.54) is 11.8 Å². The van der Waals surface area contributed by atoms with Crippen LogP contribution in [0.25, 0.3) is 11.3 Å². The van der Waals surface area contributed by atoms with Gasteiger partial charge in [-0.25, -0.2) is 9.97 Å². The molecule has 0 amide bonds. The molecule has 0 saturated heterocycles. The summed E-state index contributed by atoms with van der Waals surface area (Å²) in [4.78, 5) is 8.99. The van der Waals surface area contributed by atoms with Crippen LogP contribution < -0.4 is 14.8 Å². The van der Waals surface area contributed by atoms with Gasteiger partial charge in [0, 0.05) is 5.56 Å². The summed E-state index contributed by atoms with van der Waals surface area (Å²) in [5, 5.41) is 14.2. The Balaban J connectivity index is 2.17. The SMILES string of the molecule is COc1ccc(-c2nc(SC)nc(Nc3cccc(Cl)c3Cl)c2C#N)cc1OC. The molecule has 9 heteroatoms. The number of benzene rings is 2. The van der Waals surface area contributed by atoms with Gasteiger partial charge >= 0.3 is 0 Å². The van der Waals surface area contributed by atoms with E-state index in [1.54, 1.807) is 44.6 Å². The molecule has 0 radical (unpaired) electrons. The first-order valence-electron chi connectivity index (χ1n) is 8.32. The van der Waals surface area contributed by atoms with Crippen molar-refractivity contribution in [3.8, 4) is 28.8 Å². The van der Waals surface area contributed by atoms with Crippen LogP contribution >= 0.6 is 35.0 Å². The number of hydrogen-bond donors (Lipinski definition) is 1. The lowest BCUT2D eigenvalue weighted by molar-refractivity contribution is 0.355. The monoisotopic (exact) mass is 446 g/mol. The molecule has 0 aliphatic carbocycles. The van der Waals surface area contributed by atoms with E-state index in [0.29, 0.717) is 49.5 Å². The minimum atomic E-state index is 0.270. The summed E-state index contributed by atoms with van der Waals surface area (Å²) in [6, 6.07) is 12.7. The minimum Gasteiger partial charge on any atom is -0.493 e. The predicted molar refractivity (Wildman–Crippen MR) is 117 cm³/mol. The summed E-state index contributed by atoms with van der Waals surface area (Å²) in [6.07, 6.45) is 1.86. The highest BCUT2D eigenvalue weighted by Gasteiger charge is 2.19. The first-order valence-corrected chi connectivity index (χ1v) is 10.3. The molecule has 0 aliphatic heterocycles. The van der Waals surface area contributed by atoms with Gasteiger partial charge in [-0.1, -0.05) is 41.0 Å². The second-order valence-electron chi connectivity index (χ2n) is 5.69. The predicted octanol–water partition coefficient (Wildman–Crippen LogP) is 5.80. The van der Waals surface area contributed by atoms with Crippen LogP contribution in [-0.2, 0) is 0 Å². The van der Waals surface area contributed by atoms with Gasteiger partial charge in [-0.15, -0.1) is 0 Å². The normalized spacial score (nSPS) is 10.3. The number of anilines is 2. The molecule has 29 heavy (non-hydrogen) atoms. The fourth-order valence-electron chi connectivity index (χ4n) is 2.65. The fraction of sp³-hybridized carbons (Fsp3) is 0.150. The molecule has 1 aromatic heterocycles. The van der Waals surface area contributed by atoms with Crippen molar-refractivity contribution in [3.05, 3.63) is 52.0 Å². The van der Waals surface area contributed by atoms with Crippen LogP contribution in [0, 0.1) is 11.3 Å². The van der Waals surface area contributed by atoms with E-state index < -0.39 is 0 Å². The zero-order chi connectivity index (χ0) is 21.0. The van der Waals surface area contributed by atoms with Gasteiger partial charge in [-0.3, -0.25) is 0 Å². The Hall–Kier alpha value is -2.66. The summed E-state index contributed by atoms with van der Waals surface area (Å²) in [6.45, 7) is 0. The van der Waals surface area contributed by atoms with Crippen molar-refractivity contribution in [2.75, 3.05) is 25.8 Å². The van der Waals surface area contributed by atoms with Crippen molar-refractivity contribution < 1.29 is 9.47 Å². The molecule has 0 fully saturated rings. The Morgan fingerprint density at radius 3 is 2.48 bits per heavy atom. The summed E-state index contributed by atoms with van der Waals surface area (Å²) >= 11 is 13.7. The number of hydrogen-bond acceptors (Lipinski definition) is 7. The molecule has 6 nitrogen and oxygen atoms in total. The van der Waals surface area contributed by atoms with Gasteiger partial charge in [-0.2, -0.15) is 5.26 Å². The molecule has 0 aliphatic rings. The third kappa shape index (κ3) is 4.35. The summed E-state index contributed by atoms with van der Waals surface area (Å²) in [5.74, 6) is 1.45. The second kappa shape index (κ2) is 9.23. The van der Waals surface area contributed by atoms with Crippen LogP contribution in [0.4, 0.5) is 11.5 Å². The highest BCUT2D eigenvalue weighted by Crippen LogP contribution is 2.37. The van der Waals surface area contributed by atoms with E-state index in [-0.39, 0.29) is 5.56 Å². The van der Waals surface area contributed by atoms with Crippen molar-refractivity contribution in [2.24, 2.45) is 0 Å². The Morgan fingerprint density at radius 2 is 1.83 bits per heavy atom. The number of nitrogens with zero attached hydrogens (tertiary/aromatic N) is 3. The number of nitrogens with one attached hydrogen (secondary N) is 1. The maximum atomic E-state index is 9.86. The first-order chi connectivity index (χ1) is 14.0. The van der Waals surface area contributed by atoms with Crippen LogP contribution in [0.1, 0.15) is 5.56 Å². The third-order valence-corrected chi connectivity index (χ3v) is 5.41. The molecule has 3 rings (SSSR count). The van der Waals surface area contributed by atoms with Crippen molar-refractivity contribution in [2.45, 2.75) is 5.16 Å².